The molecule has 4 N–H and O–H groups in total. The second-order valence-electron chi connectivity index (χ2n) is 6.31. The first-order valence-electron chi connectivity index (χ1n) is 8.79. The van der Waals surface area contributed by atoms with E-state index in [1.54, 1.807) is 12.1 Å². The fraction of sp³-hybridized carbons (Fsp3) is 0.300. The Morgan fingerprint density at radius 1 is 1.14 bits per heavy atom. The second kappa shape index (κ2) is 10.5. The Bertz CT molecular complexity index is 937. The predicted octanol–water partition coefficient (Wildman–Crippen LogP) is 4.57. The topological polar surface area (TPSA) is 93.3 Å². The normalized spacial score (nSPS) is 11.7. The van der Waals surface area contributed by atoms with E-state index < -0.39 is 0 Å². The van der Waals surface area contributed by atoms with Crippen LogP contribution in [0.3, 0.4) is 0 Å². The van der Waals surface area contributed by atoms with Crippen molar-refractivity contribution in [1.82, 2.24) is 15.3 Å². The summed E-state index contributed by atoms with van der Waals surface area (Å²) in [5.74, 6) is 1.24. The lowest BCUT2D eigenvalue weighted by Crippen LogP contribution is -2.15. The van der Waals surface area contributed by atoms with Gasteiger partial charge >= 0.3 is 0 Å². The molecule has 0 aliphatic rings. The van der Waals surface area contributed by atoms with Crippen LogP contribution in [0.4, 0.5) is 0 Å². The van der Waals surface area contributed by atoms with E-state index in [2.05, 4.69) is 33.2 Å². The zero-order chi connectivity index (χ0) is 20.7. The fourth-order valence-electron chi connectivity index (χ4n) is 2.57. The number of hydrogen-bond donors (Lipinski definition) is 3. The van der Waals surface area contributed by atoms with Crippen molar-refractivity contribution in [2.75, 3.05) is 13.6 Å². The molecule has 0 bridgehead atoms. The van der Waals surface area contributed by atoms with E-state index in [0.29, 0.717) is 18.1 Å². The van der Waals surface area contributed by atoms with Crippen LogP contribution in [0.1, 0.15) is 29.9 Å². The van der Waals surface area contributed by atoms with Gasteiger partial charge in [-0.1, -0.05) is 54.4 Å². The van der Waals surface area contributed by atoms with Crippen LogP contribution >= 0.6 is 23.2 Å². The van der Waals surface area contributed by atoms with Crippen LogP contribution in [-0.2, 0) is 6.54 Å². The number of rotatable bonds is 5. The molecule has 1 aromatic heterocycles. The van der Waals surface area contributed by atoms with Crippen molar-refractivity contribution in [3.8, 4) is 5.75 Å². The van der Waals surface area contributed by atoms with Crippen LogP contribution in [-0.4, -0.2) is 28.8 Å². The molecule has 150 valence electrons. The highest BCUT2D eigenvalue weighted by molar-refractivity contribution is 6.43. The maximum absolute atomic E-state index is 8.29. The first kappa shape index (κ1) is 22.3. The predicted molar refractivity (Wildman–Crippen MR) is 114 cm³/mol. The van der Waals surface area contributed by atoms with Gasteiger partial charge in [-0.15, -0.1) is 0 Å². The number of nitrogens with two attached hydrogens (primary N) is 1. The van der Waals surface area contributed by atoms with Gasteiger partial charge in [0.15, 0.2) is 5.75 Å². The molecule has 3 rings (SSSR count). The SMILES string of the molecule is CNCc1nc(C(C)CN)c2ccccc2n1.Cc1ccc(OO)c(Cl)c1Cl. The minimum Gasteiger partial charge on any atom is -0.339 e. The summed E-state index contributed by atoms with van der Waals surface area (Å²) in [6.07, 6.45) is 0. The Morgan fingerprint density at radius 3 is 2.50 bits per heavy atom. The van der Waals surface area contributed by atoms with Crippen molar-refractivity contribution < 1.29 is 10.1 Å². The third-order valence-electron chi connectivity index (χ3n) is 4.17. The van der Waals surface area contributed by atoms with E-state index in [-0.39, 0.29) is 16.7 Å². The lowest BCUT2D eigenvalue weighted by molar-refractivity contribution is -0.137. The highest BCUT2D eigenvalue weighted by Gasteiger charge is 2.12. The molecular formula is C20H24Cl2N4O2. The van der Waals surface area contributed by atoms with Gasteiger partial charge in [-0.05, 0) is 31.7 Å². The summed E-state index contributed by atoms with van der Waals surface area (Å²) >= 11 is 11.4. The van der Waals surface area contributed by atoms with Crippen LogP contribution in [0.5, 0.6) is 5.75 Å². The first-order valence-corrected chi connectivity index (χ1v) is 9.54. The molecule has 6 nitrogen and oxygen atoms in total. The monoisotopic (exact) mass is 422 g/mol. The van der Waals surface area contributed by atoms with Gasteiger partial charge in [0.1, 0.15) is 10.8 Å². The standard InChI is InChI=1S/C13H18N4.C7H6Cl2O2/c1-9(7-14)13-10-5-3-4-6-11(10)16-12(17-13)8-15-2;1-4-2-3-5(11-10)7(9)6(4)8/h3-6,9,15H,7-8,14H2,1-2H3;2-3,10H,1H3. The molecule has 28 heavy (non-hydrogen) atoms. The molecule has 0 saturated heterocycles. The van der Waals surface area contributed by atoms with E-state index in [1.807, 2.05) is 32.2 Å². The molecular weight excluding hydrogens is 399 g/mol. The summed E-state index contributed by atoms with van der Waals surface area (Å²) in [6.45, 7) is 5.18. The lowest BCUT2D eigenvalue weighted by atomic mass is 10.0. The average molecular weight is 423 g/mol. The molecule has 2 aromatic carbocycles. The van der Waals surface area contributed by atoms with Crippen LogP contribution in [0.2, 0.25) is 10.0 Å². The number of nitrogens with zero attached hydrogens (tertiary/aromatic N) is 2. The van der Waals surface area contributed by atoms with Crippen molar-refractivity contribution >= 4 is 34.1 Å². The number of halogens is 2. The number of benzene rings is 2. The summed E-state index contributed by atoms with van der Waals surface area (Å²) in [7, 11) is 1.89. The molecule has 1 heterocycles. The maximum atomic E-state index is 8.29. The highest BCUT2D eigenvalue weighted by Crippen LogP contribution is 2.33. The third kappa shape index (κ3) is 5.31. The summed E-state index contributed by atoms with van der Waals surface area (Å²) in [5.41, 5.74) is 8.62. The molecule has 0 amide bonds. The molecule has 1 atom stereocenters. The molecule has 0 fully saturated rings. The summed E-state index contributed by atoms with van der Waals surface area (Å²) < 4.78 is 0. The number of hydrogen-bond acceptors (Lipinski definition) is 6. The van der Waals surface area contributed by atoms with Gasteiger partial charge < -0.3 is 15.9 Å². The summed E-state index contributed by atoms with van der Waals surface area (Å²) in [4.78, 5) is 13.1. The Morgan fingerprint density at radius 2 is 1.86 bits per heavy atom. The van der Waals surface area contributed by atoms with E-state index >= 15 is 0 Å². The van der Waals surface area contributed by atoms with Crippen LogP contribution < -0.4 is 15.9 Å². The second-order valence-corrected chi connectivity index (χ2v) is 7.07. The maximum Gasteiger partial charge on any atom is 0.185 e. The molecule has 1 unspecified atom stereocenters. The van der Waals surface area contributed by atoms with Gasteiger partial charge in [-0.3, -0.25) is 0 Å². The van der Waals surface area contributed by atoms with Gasteiger partial charge in [-0.2, -0.15) is 0 Å². The molecule has 3 aromatic rings. The molecule has 0 saturated carbocycles. The zero-order valence-corrected chi connectivity index (χ0v) is 17.6. The number of para-hydroxylation sites is 1. The van der Waals surface area contributed by atoms with Gasteiger partial charge in [0, 0.05) is 17.8 Å². The van der Waals surface area contributed by atoms with Crippen LogP contribution in [0, 0.1) is 6.92 Å². The van der Waals surface area contributed by atoms with Gasteiger partial charge in [0.05, 0.1) is 22.8 Å². The van der Waals surface area contributed by atoms with Gasteiger partial charge in [0.25, 0.3) is 0 Å². The Balaban J connectivity index is 0.000000221. The number of aryl methyl sites for hydroxylation is 1. The Kier molecular flexibility index (Phi) is 8.41. The van der Waals surface area contributed by atoms with Crippen molar-refractivity contribution in [3.63, 3.8) is 0 Å². The lowest BCUT2D eigenvalue weighted by Gasteiger charge is -2.13. The van der Waals surface area contributed by atoms with E-state index in [0.717, 1.165) is 28.0 Å². The Hall–Kier alpha value is -1.96. The smallest absolute Gasteiger partial charge is 0.185 e. The van der Waals surface area contributed by atoms with Crippen molar-refractivity contribution in [3.05, 3.63) is 63.5 Å². The van der Waals surface area contributed by atoms with E-state index in [9.17, 15) is 0 Å². The largest absolute Gasteiger partial charge is 0.339 e. The summed E-state index contributed by atoms with van der Waals surface area (Å²) in [5, 5.41) is 13.1. The van der Waals surface area contributed by atoms with Crippen molar-refractivity contribution in [1.29, 1.82) is 0 Å². The average Bonchev–Trinajstić information content (AvgIpc) is 2.72. The summed E-state index contributed by atoms with van der Waals surface area (Å²) in [6, 6.07) is 11.3. The van der Waals surface area contributed by atoms with Crippen LogP contribution in [0.25, 0.3) is 10.9 Å². The van der Waals surface area contributed by atoms with Crippen molar-refractivity contribution in [2.45, 2.75) is 26.3 Å². The first-order chi connectivity index (χ1) is 13.4. The minimum absolute atomic E-state index is 0.169. The molecule has 0 aliphatic carbocycles. The van der Waals surface area contributed by atoms with E-state index in [4.69, 9.17) is 34.2 Å². The number of aromatic nitrogens is 2. The third-order valence-corrected chi connectivity index (χ3v) is 5.13. The fourth-order valence-corrected chi connectivity index (χ4v) is 2.98. The van der Waals surface area contributed by atoms with Crippen LogP contribution in [0.15, 0.2) is 36.4 Å². The minimum atomic E-state index is 0.169. The van der Waals surface area contributed by atoms with Crippen molar-refractivity contribution in [2.24, 2.45) is 5.73 Å². The van der Waals surface area contributed by atoms with Gasteiger partial charge in [-0.25, -0.2) is 15.2 Å². The van der Waals surface area contributed by atoms with Gasteiger partial charge in [0.2, 0.25) is 0 Å². The highest BCUT2D eigenvalue weighted by atomic mass is 35.5. The number of nitrogens with one attached hydrogen (secondary N) is 1. The molecule has 0 spiro atoms. The van der Waals surface area contributed by atoms with E-state index in [1.165, 1.54) is 0 Å². The number of fused-ring (bicyclic) bond motifs is 1. The molecule has 8 heteroatoms. The zero-order valence-electron chi connectivity index (χ0n) is 16.0. The molecule has 0 radical (unpaired) electrons. The Labute approximate surface area is 174 Å². The quantitative estimate of drug-likeness (QED) is 0.411. The molecule has 0 aliphatic heterocycles.